The van der Waals surface area contributed by atoms with E-state index in [1.165, 1.54) is 4.70 Å². The van der Waals surface area contributed by atoms with Crippen LogP contribution in [0, 0.1) is 5.92 Å². The van der Waals surface area contributed by atoms with Gasteiger partial charge in [0, 0.05) is 35.2 Å². The summed E-state index contributed by atoms with van der Waals surface area (Å²) in [6, 6.07) is 13.1. The van der Waals surface area contributed by atoms with Crippen LogP contribution in [-0.2, 0) is 0 Å². The van der Waals surface area contributed by atoms with Gasteiger partial charge in [-0.15, -0.1) is 0 Å². The minimum Gasteiger partial charge on any atom is -0.352 e. The number of carbonyl (C=O) groups excluding carboxylic acids is 1. The average Bonchev–Trinajstić information content (AvgIpc) is 3.10. The predicted molar refractivity (Wildman–Crippen MR) is 113 cm³/mol. The van der Waals surface area contributed by atoms with E-state index in [0.717, 1.165) is 36.6 Å². The van der Waals surface area contributed by atoms with E-state index >= 15 is 0 Å². The third kappa shape index (κ3) is 4.37. The Hall–Kier alpha value is -1.82. The predicted octanol–water partition coefficient (Wildman–Crippen LogP) is 5.25. The van der Waals surface area contributed by atoms with Crippen molar-refractivity contribution in [3.05, 3.63) is 58.1 Å². The van der Waals surface area contributed by atoms with E-state index in [1.807, 2.05) is 12.1 Å². The molecule has 0 bridgehead atoms. The fourth-order valence-electron chi connectivity index (χ4n) is 3.35. The van der Waals surface area contributed by atoms with Crippen molar-refractivity contribution in [2.75, 3.05) is 24.5 Å². The Kier molecular flexibility index (Phi) is 5.53. The molecular weight excluding hydrogens is 401 g/mol. The molecule has 1 amide bonds. The summed E-state index contributed by atoms with van der Waals surface area (Å²) in [5, 5.41) is 5.04. The summed E-state index contributed by atoms with van der Waals surface area (Å²) < 4.78 is 1.22. The second kappa shape index (κ2) is 8.05. The fourth-order valence-corrected chi connectivity index (χ4v) is 4.89. The number of anilines is 1. The number of aromatic nitrogens is 1. The molecule has 1 saturated heterocycles. The molecule has 2 heterocycles. The molecule has 0 spiro atoms. The van der Waals surface area contributed by atoms with Crippen molar-refractivity contribution in [2.45, 2.75) is 12.8 Å². The van der Waals surface area contributed by atoms with Gasteiger partial charge in [0.25, 0.3) is 5.91 Å². The van der Waals surface area contributed by atoms with Gasteiger partial charge in [-0.3, -0.25) is 4.79 Å². The second-order valence-electron chi connectivity index (χ2n) is 6.76. The van der Waals surface area contributed by atoms with Gasteiger partial charge < -0.3 is 10.2 Å². The number of thiazole rings is 1. The molecule has 140 valence electrons. The molecule has 0 saturated carbocycles. The number of hydrogen-bond acceptors (Lipinski definition) is 4. The first-order valence-corrected chi connectivity index (χ1v) is 10.5. The molecule has 1 aliphatic heterocycles. The first kappa shape index (κ1) is 18.5. The van der Waals surface area contributed by atoms with E-state index in [-0.39, 0.29) is 5.91 Å². The minimum atomic E-state index is -0.131. The molecule has 3 aromatic rings. The highest BCUT2D eigenvalue weighted by Gasteiger charge is 2.22. The van der Waals surface area contributed by atoms with Crippen molar-refractivity contribution in [1.82, 2.24) is 10.3 Å². The summed E-state index contributed by atoms with van der Waals surface area (Å²) in [6.07, 6.45) is 2.07. The lowest BCUT2D eigenvalue weighted by molar-refractivity contribution is 0.0945. The van der Waals surface area contributed by atoms with Crippen LogP contribution in [0.1, 0.15) is 23.2 Å². The summed E-state index contributed by atoms with van der Waals surface area (Å²) in [5.74, 6) is 0.335. The van der Waals surface area contributed by atoms with Crippen LogP contribution in [0.5, 0.6) is 0 Å². The van der Waals surface area contributed by atoms with E-state index in [9.17, 15) is 4.79 Å². The Morgan fingerprint density at radius 3 is 2.56 bits per heavy atom. The summed E-state index contributed by atoms with van der Waals surface area (Å²) in [4.78, 5) is 19.4. The number of hydrogen-bond donors (Lipinski definition) is 1. The van der Waals surface area contributed by atoms with Crippen molar-refractivity contribution in [1.29, 1.82) is 0 Å². The van der Waals surface area contributed by atoms with E-state index in [4.69, 9.17) is 28.2 Å². The normalized spacial score (nSPS) is 15.3. The maximum Gasteiger partial charge on any atom is 0.251 e. The van der Waals surface area contributed by atoms with Crippen LogP contribution in [0.15, 0.2) is 42.5 Å². The molecule has 7 heteroatoms. The quantitative estimate of drug-likeness (QED) is 0.627. The van der Waals surface area contributed by atoms with Gasteiger partial charge in [-0.1, -0.05) is 46.7 Å². The van der Waals surface area contributed by atoms with Crippen LogP contribution in [0.2, 0.25) is 10.0 Å². The zero-order chi connectivity index (χ0) is 18.8. The third-order valence-corrected chi connectivity index (χ3v) is 6.38. The number of nitrogens with one attached hydrogen (secondary N) is 1. The molecular formula is C20H19Cl2N3OS. The Bertz CT molecular complexity index is 914. The Balaban J connectivity index is 1.31. The molecule has 4 rings (SSSR count). The number of halogens is 2. The van der Waals surface area contributed by atoms with Gasteiger partial charge in [0.05, 0.1) is 10.2 Å². The number of carbonyl (C=O) groups is 1. The van der Waals surface area contributed by atoms with Gasteiger partial charge in [0.15, 0.2) is 5.13 Å². The molecule has 0 unspecified atom stereocenters. The summed E-state index contributed by atoms with van der Waals surface area (Å²) in [7, 11) is 0. The van der Waals surface area contributed by atoms with Crippen molar-refractivity contribution in [3.8, 4) is 0 Å². The Morgan fingerprint density at radius 1 is 1.15 bits per heavy atom. The van der Waals surface area contributed by atoms with Crippen molar-refractivity contribution in [3.63, 3.8) is 0 Å². The molecule has 4 nitrogen and oxygen atoms in total. The number of para-hydroxylation sites is 1. The lowest BCUT2D eigenvalue weighted by Gasteiger charge is -2.31. The summed E-state index contributed by atoms with van der Waals surface area (Å²) in [6.45, 7) is 2.59. The fraction of sp³-hybridized carbons (Fsp3) is 0.300. The van der Waals surface area contributed by atoms with E-state index in [1.54, 1.807) is 29.5 Å². The maximum atomic E-state index is 12.3. The number of benzene rings is 2. The van der Waals surface area contributed by atoms with E-state index in [2.05, 4.69) is 22.3 Å². The van der Waals surface area contributed by atoms with Crippen molar-refractivity contribution >= 4 is 55.8 Å². The number of nitrogens with zero attached hydrogens (tertiary/aromatic N) is 2. The average molecular weight is 420 g/mol. The summed E-state index contributed by atoms with van der Waals surface area (Å²) in [5.41, 5.74) is 1.56. The van der Waals surface area contributed by atoms with Crippen LogP contribution in [-0.4, -0.2) is 30.5 Å². The number of rotatable bonds is 4. The second-order valence-corrected chi connectivity index (χ2v) is 8.64. The standard InChI is InChI=1S/C20H19Cl2N3OS/c21-15-9-14(10-16(22)11-15)19(26)23-12-13-5-7-25(8-6-13)20-24-17-3-1-2-4-18(17)27-20/h1-4,9-11,13H,5-8,12H2,(H,23,26). The Labute approximate surface area is 172 Å². The molecule has 1 aliphatic rings. The largest absolute Gasteiger partial charge is 0.352 e. The van der Waals surface area contributed by atoms with Gasteiger partial charge >= 0.3 is 0 Å². The molecule has 1 N–H and O–H groups in total. The lowest BCUT2D eigenvalue weighted by Crippen LogP contribution is -2.38. The minimum absolute atomic E-state index is 0.131. The van der Waals surface area contributed by atoms with Gasteiger partial charge in [-0.25, -0.2) is 4.98 Å². The Morgan fingerprint density at radius 2 is 1.85 bits per heavy atom. The molecule has 0 aliphatic carbocycles. The highest BCUT2D eigenvalue weighted by molar-refractivity contribution is 7.22. The lowest BCUT2D eigenvalue weighted by atomic mass is 9.97. The van der Waals surface area contributed by atoms with Gasteiger partial charge in [0.2, 0.25) is 0 Å². The highest BCUT2D eigenvalue weighted by Crippen LogP contribution is 2.31. The number of piperidine rings is 1. The first-order chi connectivity index (χ1) is 13.1. The molecule has 0 radical (unpaired) electrons. The van der Waals surface area contributed by atoms with E-state index in [0.29, 0.717) is 28.1 Å². The molecule has 0 atom stereocenters. The molecule has 2 aromatic carbocycles. The number of fused-ring (bicyclic) bond motifs is 1. The molecule has 1 aromatic heterocycles. The van der Waals surface area contributed by atoms with E-state index < -0.39 is 0 Å². The monoisotopic (exact) mass is 419 g/mol. The molecule has 1 fully saturated rings. The SMILES string of the molecule is O=C(NCC1CCN(c2nc3ccccc3s2)CC1)c1cc(Cl)cc(Cl)c1. The van der Waals surface area contributed by atoms with Crippen LogP contribution in [0.25, 0.3) is 10.2 Å². The summed E-state index contributed by atoms with van der Waals surface area (Å²) >= 11 is 13.7. The van der Waals surface area contributed by atoms with Crippen LogP contribution in [0.4, 0.5) is 5.13 Å². The van der Waals surface area contributed by atoms with Gasteiger partial charge in [-0.05, 0) is 49.1 Å². The third-order valence-electron chi connectivity index (χ3n) is 4.84. The maximum absolute atomic E-state index is 12.3. The van der Waals surface area contributed by atoms with Crippen LogP contribution >= 0.6 is 34.5 Å². The van der Waals surface area contributed by atoms with Crippen molar-refractivity contribution in [2.24, 2.45) is 5.92 Å². The topological polar surface area (TPSA) is 45.2 Å². The first-order valence-electron chi connectivity index (χ1n) is 8.93. The van der Waals surface area contributed by atoms with Crippen molar-refractivity contribution < 1.29 is 4.79 Å². The smallest absolute Gasteiger partial charge is 0.251 e. The highest BCUT2D eigenvalue weighted by atomic mass is 35.5. The zero-order valence-electron chi connectivity index (χ0n) is 14.6. The van der Waals surface area contributed by atoms with Crippen LogP contribution in [0.3, 0.4) is 0 Å². The number of amides is 1. The van der Waals surface area contributed by atoms with Gasteiger partial charge in [-0.2, -0.15) is 0 Å². The van der Waals surface area contributed by atoms with Gasteiger partial charge in [0.1, 0.15) is 0 Å². The van der Waals surface area contributed by atoms with Crippen LogP contribution < -0.4 is 10.2 Å². The molecule has 27 heavy (non-hydrogen) atoms. The zero-order valence-corrected chi connectivity index (χ0v) is 16.9.